The monoisotopic (exact) mass is 614 g/mol. The summed E-state index contributed by atoms with van der Waals surface area (Å²) < 4.78 is 6.67. The molecule has 0 atom stereocenters. The quantitative estimate of drug-likeness (QED) is 0.179. The largest absolute Gasteiger partial charge is 0.457 e. The fourth-order valence-electron chi connectivity index (χ4n) is 10.3. The first-order valence-electron chi connectivity index (χ1n) is 17.6. The van der Waals surface area contributed by atoms with Crippen LogP contribution in [0.25, 0.3) is 44.2 Å². The summed E-state index contributed by atoms with van der Waals surface area (Å²) in [6.45, 7) is 0. The van der Waals surface area contributed by atoms with E-state index in [2.05, 4.69) is 146 Å². The van der Waals surface area contributed by atoms with E-state index in [1.54, 1.807) is 0 Å². The van der Waals surface area contributed by atoms with Crippen LogP contribution in [0.5, 0.6) is 11.5 Å². The number of rotatable bonds is 1. The first-order valence-corrected chi connectivity index (χ1v) is 17.6. The van der Waals surface area contributed by atoms with Crippen molar-refractivity contribution in [1.82, 2.24) is 0 Å². The van der Waals surface area contributed by atoms with Gasteiger partial charge in [0.05, 0.1) is 5.41 Å². The van der Waals surface area contributed by atoms with E-state index in [4.69, 9.17) is 4.74 Å². The first kappa shape index (κ1) is 26.6. The summed E-state index contributed by atoms with van der Waals surface area (Å²) in [5.41, 5.74) is 15.8. The van der Waals surface area contributed by atoms with Gasteiger partial charge in [0, 0.05) is 16.5 Å². The van der Waals surface area contributed by atoms with Crippen LogP contribution >= 0.6 is 0 Å². The average molecular weight is 615 g/mol. The summed E-state index contributed by atoms with van der Waals surface area (Å²) >= 11 is 0. The molecule has 4 aliphatic rings. The van der Waals surface area contributed by atoms with Crippen molar-refractivity contribution >= 4 is 10.8 Å². The average Bonchev–Trinajstić information content (AvgIpc) is 3.63. The van der Waals surface area contributed by atoms with Gasteiger partial charge in [-0.1, -0.05) is 147 Å². The number of hydrogen-bond donors (Lipinski definition) is 0. The minimum atomic E-state index is -0.417. The second-order valence-electron chi connectivity index (χ2n) is 14.2. The smallest absolute Gasteiger partial charge is 0.131 e. The van der Waals surface area contributed by atoms with E-state index in [9.17, 15) is 0 Å². The number of hydrogen-bond acceptors (Lipinski definition) is 1. The molecule has 0 aromatic heterocycles. The molecule has 1 heterocycles. The van der Waals surface area contributed by atoms with Gasteiger partial charge in [-0.3, -0.25) is 0 Å². The zero-order chi connectivity index (χ0) is 31.5. The van der Waals surface area contributed by atoms with Crippen LogP contribution in [0.4, 0.5) is 0 Å². The highest BCUT2D eigenvalue weighted by Gasteiger charge is 2.53. The van der Waals surface area contributed by atoms with E-state index in [0.29, 0.717) is 0 Å². The van der Waals surface area contributed by atoms with Crippen LogP contribution in [-0.4, -0.2) is 0 Å². The molecule has 1 aliphatic heterocycles. The first-order chi connectivity index (χ1) is 23.8. The Kier molecular flexibility index (Phi) is 5.32. The molecule has 1 fully saturated rings. The fraction of sp³-hybridized carbons (Fsp3) is 0.149. The molecule has 2 spiro atoms. The maximum Gasteiger partial charge on any atom is 0.131 e. The molecule has 3 aliphatic carbocycles. The normalized spacial score (nSPS) is 16.8. The van der Waals surface area contributed by atoms with Crippen LogP contribution in [0.3, 0.4) is 0 Å². The Morgan fingerprint density at radius 1 is 0.438 bits per heavy atom. The van der Waals surface area contributed by atoms with Crippen molar-refractivity contribution in [2.24, 2.45) is 0 Å². The molecule has 1 nitrogen and oxygen atoms in total. The highest BCUT2D eigenvalue weighted by Crippen LogP contribution is 2.65. The highest BCUT2D eigenvalue weighted by molar-refractivity contribution is 6.08. The van der Waals surface area contributed by atoms with Crippen molar-refractivity contribution in [2.45, 2.75) is 42.9 Å². The fourth-order valence-corrected chi connectivity index (χ4v) is 10.3. The van der Waals surface area contributed by atoms with Gasteiger partial charge in [0.25, 0.3) is 0 Å². The third-order valence-corrected chi connectivity index (χ3v) is 12.1. The summed E-state index contributed by atoms with van der Waals surface area (Å²) in [6, 6.07) is 54.9. The van der Waals surface area contributed by atoms with Crippen molar-refractivity contribution in [3.8, 4) is 44.9 Å². The minimum absolute atomic E-state index is 0.0141. The zero-order valence-corrected chi connectivity index (χ0v) is 26.8. The number of para-hydroxylation sites is 1. The summed E-state index contributed by atoms with van der Waals surface area (Å²) in [6.07, 6.45) is 6.13. The van der Waals surface area contributed by atoms with Gasteiger partial charge in [-0.05, 0) is 97.4 Å². The Balaban J connectivity index is 1.24. The van der Waals surface area contributed by atoms with Crippen molar-refractivity contribution in [2.75, 3.05) is 0 Å². The van der Waals surface area contributed by atoms with Gasteiger partial charge in [-0.2, -0.15) is 0 Å². The van der Waals surface area contributed by atoms with Gasteiger partial charge in [0.2, 0.25) is 0 Å². The molecule has 0 radical (unpaired) electrons. The van der Waals surface area contributed by atoms with Gasteiger partial charge >= 0.3 is 0 Å². The highest BCUT2D eigenvalue weighted by atomic mass is 16.5. The van der Waals surface area contributed by atoms with Crippen LogP contribution < -0.4 is 4.74 Å². The second-order valence-corrected chi connectivity index (χ2v) is 14.2. The Hall–Kier alpha value is -5.40. The molecular weight excluding hydrogens is 581 g/mol. The number of fused-ring (bicyclic) bond motifs is 16. The minimum Gasteiger partial charge on any atom is -0.457 e. The van der Waals surface area contributed by atoms with E-state index in [-0.39, 0.29) is 5.41 Å². The lowest BCUT2D eigenvalue weighted by Gasteiger charge is -2.43. The summed E-state index contributed by atoms with van der Waals surface area (Å²) in [5.74, 6) is 2.05. The zero-order valence-electron chi connectivity index (χ0n) is 26.8. The number of ether oxygens (including phenoxy) is 1. The summed E-state index contributed by atoms with van der Waals surface area (Å²) in [7, 11) is 0. The lowest BCUT2D eigenvalue weighted by molar-refractivity contribution is 0.306. The molecule has 11 rings (SSSR count). The van der Waals surface area contributed by atoms with E-state index in [1.165, 1.54) is 110 Å². The number of benzene rings is 7. The van der Waals surface area contributed by atoms with Gasteiger partial charge in [0.15, 0.2) is 0 Å². The Morgan fingerprint density at radius 3 is 1.90 bits per heavy atom. The van der Waals surface area contributed by atoms with E-state index < -0.39 is 5.41 Å². The standard InChI is InChI=1S/C47H34O/c1-10-27-46(28-11-1)39-21-8-9-22-42(39)48-43-26-24-31(29-41(43)46)33-17-12-18-36-44-32-14-3-2-13-30(32)23-25-40(44)47(45(33)36)37-19-6-4-15-34(37)35-16-5-7-20-38(35)47/h2-9,12-26,29H,1,10-11,27-28H2. The van der Waals surface area contributed by atoms with Gasteiger partial charge in [-0.15, -0.1) is 0 Å². The molecule has 7 aromatic rings. The Morgan fingerprint density at radius 2 is 1.08 bits per heavy atom. The second kappa shape index (κ2) is 9.58. The topological polar surface area (TPSA) is 9.23 Å². The molecule has 228 valence electrons. The maximum absolute atomic E-state index is 6.67. The van der Waals surface area contributed by atoms with Crippen LogP contribution in [0.2, 0.25) is 0 Å². The van der Waals surface area contributed by atoms with Gasteiger partial charge in [0.1, 0.15) is 11.5 Å². The predicted octanol–water partition coefficient (Wildman–Crippen LogP) is 12.2. The molecule has 7 aromatic carbocycles. The Labute approximate surface area is 281 Å². The van der Waals surface area contributed by atoms with E-state index in [1.807, 2.05) is 0 Å². The van der Waals surface area contributed by atoms with Crippen molar-refractivity contribution in [1.29, 1.82) is 0 Å². The summed E-state index contributed by atoms with van der Waals surface area (Å²) in [4.78, 5) is 0. The van der Waals surface area contributed by atoms with Crippen molar-refractivity contribution in [3.63, 3.8) is 0 Å². The molecule has 0 N–H and O–H groups in total. The van der Waals surface area contributed by atoms with Crippen molar-refractivity contribution < 1.29 is 4.74 Å². The third-order valence-electron chi connectivity index (χ3n) is 12.1. The van der Waals surface area contributed by atoms with E-state index >= 15 is 0 Å². The third kappa shape index (κ3) is 3.22. The molecule has 0 amide bonds. The van der Waals surface area contributed by atoms with Crippen LogP contribution in [0.15, 0.2) is 146 Å². The lowest BCUT2D eigenvalue weighted by atomic mass is 9.63. The van der Waals surface area contributed by atoms with E-state index in [0.717, 1.165) is 11.5 Å². The molecule has 0 unspecified atom stereocenters. The Bertz CT molecular complexity index is 2430. The summed E-state index contributed by atoms with van der Waals surface area (Å²) in [5, 5.41) is 2.61. The van der Waals surface area contributed by atoms with Crippen LogP contribution in [0.1, 0.15) is 65.5 Å². The lowest BCUT2D eigenvalue weighted by Crippen LogP contribution is -2.33. The van der Waals surface area contributed by atoms with Crippen LogP contribution in [0, 0.1) is 0 Å². The van der Waals surface area contributed by atoms with Gasteiger partial charge in [-0.25, -0.2) is 0 Å². The molecule has 48 heavy (non-hydrogen) atoms. The molecule has 1 heteroatoms. The van der Waals surface area contributed by atoms with Gasteiger partial charge < -0.3 is 4.74 Å². The maximum atomic E-state index is 6.67. The molecular formula is C47H34O. The van der Waals surface area contributed by atoms with Crippen molar-refractivity contribution in [3.05, 3.63) is 179 Å². The molecule has 0 bridgehead atoms. The molecule has 1 saturated carbocycles. The molecule has 0 saturated heterocycles. The predicted molar refractivity (Wildman–Crippen MR) is 196 cm³/mol. The SMILES string of the molecule is c1ccc2c(c1)Oc1ccc(-c3cccc4c3C3(c5ccccc5-c5ccccc53)c3ccc5ccccc5c3-4)cc1C21CCCCC1. The van der Waals surface area contributed by atoms with Crippen LogP contribution in [-0.2, 0) is 10.8 Å².